The Morgan fingerprint density at radius 1 is 1.36 bits per heavy atom. The van der Waals surface area contributed by atoms with Crippen molar-refractivity contribution in [2.24, 2.45) is 5.92 Å². The van der Waals surface area contributed by atoms with Gasteiger partial charge in [-0.1, -0.05) is 11.6 Å². The lowest BCUT2D eigenvalue weighted by molar-refractivity contribution is -0.119. The number of esters is 1. The predicted octanol–water partition coefficient (Wildman–Crippen LogP) is 1.70. The molecule has 0 radical (unpaired) electrons. The van der Waals surface area contributed by atoms with Gasteiger partial charge in [0, 0.05) is 25.9 Å². The van der Waals surface area contributed by atoms with Crippen molar-refractivity contribution in [1.82, 2.24) is 10.2 Å². The van der Waals surface area contributed by atoms with Crippen molar-refractivity contribution in [2.75, 3.05) is 45.6 Å². The molecule has 1 saturated heterocycles. The molecule has 1 aromatic carbocycles. The number of piperidine rings is 1. The van der Waals surface area contributed by atoms with Crippen molar-refractivity contribution in [2.45, 2.75) is 25.9 Å². The van der Waals surface area contributed by atoms with E-state index in [-0.39, 0.29) is 34.0 Å². The van der Waals surface area contributed by atoms with Gasteiger partial charge < -0.3 is 30.2 Å². The highest BCUT2D eigenvalue weighted by Crippen LogP contribution is 2.45. The maximum absolute atomic E-state index is 12.0. The molecule has 0 spiro atoms. The molecule has 2 aliphatic rings. The molecule has 8 nitrogen and oxygen atoms in total. The summed E-state index contributed by atoms with van der Waals surface area (Å²) in [6, 6.07) is 1.44. The standard InChI is InChI=1S/C19H26ClN3O5/c1-11(24)22-5-8-23-6-3-12(4-7-23)15-10-27-17-13(19(25)26-2)9-14(20)16(21)18(17)28-15/h9,12,15H,3-8,10,21H2,1-2H3,(H,22,24). The summed E-state index contributed by atoms with van der Waals surface area (Å²) in [5, 5.41) is 3.05. The minimum atomic E-state index is -0.548. The highest BCUT2D eigenvalue weighted by Gasteiger charge is 2.35. The van der Waals surface area contributed by atoms with E-state index < -0.39 is 5.97 Å². The van der Waals surface area contributed by atoms with Crippen LogP contribution >= 0.6 is 11.6 Å². The number of methoxy groups -OCH3 is 1. The lowest BCUT2D eigenvalue weighted by Crippen LogP contribution is -2.45. The van der Waals surface area contributed by atoms with Crippen molar-refractivity contribution in [3.05, 3.63) is 16.7 Å². The smallest absolute Gasteiger partial charge is 0.341 e. The molecule has 1 unspecified atom stereocenters. The van der Waals surface area contributed by atoms with E-state index >= 15 is 0 Å². The Labute approximate surface area is 169 Å². The molecule has 3 N–H and O–H groups in total. The fraction of sp³-hybridized carbons (Fsp3) is 0.579. The summed E-state index contributed by atoms with van der Waals surface area (Å²) in [5.74, 6) is 0.358. The summed E-state index contributed by atoms with van der Waals surface area (Å²) in [4.78, 5) is 25.3. The van der Waals surface area contributed by atoms with Crippen LogP contribution in [0.4, 0.5) is 5.69 Å². The molecule has 0 aliphatic carbocycles. The Balaban J connectivity index is 1.64. The molecule has 1 aromatic rings. The first-order valence-electron chi connectivity index (χ1n) is 9.37. The van der Waals surface area contributed by atoms with Crippen LogP contribution in [0.2, 0.25) is 5.02 Å². The Kier molecular flexibility index (Phi) is 6.51. The fourth-order valence-electron chi connectivity index (χ4n) is 3.67. The summed E-state index contributed by atoms with van der Waals surface area (Å²) >= 11 is 6.17. The average Bonchev–Trinajstić information content (AvgIpc) is 2.70. The molecule has 2 heterocycles. The minimum Gasteiger partial charge on any atom is -0.485 e. The number of nitrogens with two attached hydrogens (primary N) is 1. The number of nitrogen functional groups attached to an aromatic ring is 1. The van der Waals surface area contributed by atoms with Crippen LogP contribution in [0.15, 0.2) is 6.07 Å². The number of carbonyl (C=O) groups is 2. The number of nitrogens with one attached hydrogen (secondary N) is 1. The van der Waals surface area contributed by atoms with E-state index in [1.54, 1.807) is 0 Å². The molecule has 2 aliphatic heterocycles. The fourth-order valence-corrected chi connectivity index (χ4v) is 3.86. The van der Waals surface area contributed by atoms with Crippen molar-refractivity contribution >= 4 is 29.2 Å². The van der Waals surface area contributed by atoms with E-state index in [0.29, 0.717) is 24.8 Å². The van der Waals surface area contributed by atoms with Gasteiger partial charge >= 0.3 is 5.97 Å². The van der Waals surface area contributed by atoms with Crippen LogP contribution in [0.1, 0.15) is 30.1 Å². The summed E-state index contributed by atoms with van der Waals surface area (Å²) in [5.41, 5.74) is 6.55. The number of hydrogen-bond acceptors (Lipinski definition) is 7. The number of anilines is 1. The zero-order chi connectivity index (χ0) is 20.3. The molecule has 1 atom stereocenters. The van der Waals surface area contributed by atoms with Crippen LogP contribution in [0.5, 0.6) is 11.5 Å². The van der Waals surface area contributed by atoms with Gasteiger partial charge in [0.25, 0.3) is 0 Å². The largest absolute Gasteiger partial charge is 0.485 e. The van der Waals surface area contributed by atoms with Crippen molar-refractivity contribution in [3.63, 3.8) is 0 Å². The first-order chi connectivity index (χ1) is 13.4. The number of halogens is 1. The molecular formula is C19H26ClN3O5. The van der Waals surface area contributed by atoms with Crippen LogP contribution in [-0.4, -0.2) is 62.8 Å². The molecule has 3 rings (SSSR count). The molecule has 0 bridgehead atoms. The van der Waals surface area contributed by atoms with Crippen LogP contribution in [0.3, 0.4) is 0 Å². The number of nitrogens with zero attached hydrogens (tertiary/aromatic N) is 1. The normalized spacial score (nSPS) is 19.9. The Morgan fingerprint density at radius 3 is 2.71 bits per heavy atom. The maximum atomic E-state index is 12.0. The lowest BCUT2D eigenvalue weighted by Gasteiger charge is -2.38. The monoisotopic (exact) mass is 411 g/mol. The SMILES string of the molecule is COC(=O)c1cc(Cl)c(N)c2c1OCC(C1CCN(CCNC(C)=O)CC1)O2. The third kappa shape index (κ3) is 4.44. The molecule has 28 heavy (non-hydrogen) atoms. The van der Waals surface area contributed by atoms with Crippen molar-refractivity contribution in [3.8, 4) is 11.5 Å². The maximum Gasteiger partial charge on any atom is 0.341 e. The second-order valence-electron chi connectivity index (χ2n) is 7.10. The second kappa shape index (κ2) is 8.87. The third-order valence-electron chi connectivity index (χ3n) is 5.25. The highest BCUT2D eigenvalue weighted by molar-refractivity contribution is 6.34. The number of fused-ring (bicyclic) bond motifs is 1. The van der Waals surface area contributed by atoms with E-state index in [9.17, 15) is 9.59 Å². The number of likely N-dealkylation sites (tertiary alicyclic amines) is 1. The predicted molar refractivity (Wildman–Crippen MR) is 105 cm³/mol. The molecular weight excluding hydrogens is 386 g/mol. The Morgan fingerprint density at radius 2 is 2.07 bits per heavy atom. The molecule has 1 fully saturated rings. The Hall–Kier alpha value is -2.19. The summed E-state index contributed by atoms with van der Waals surface area (Å²) in [6.45, 7) is 5.21. The van der Waals surface area contributed by atoms with Crippen LogP contribution in [0.25, 0.3) is 0 Å². The van der Waals surface area contributed by atoms with E-state index in [2.05, 4.69) is 10.2 Å². The van der Waals surface area contributed by atoms with E-state index in [4.69, 9.17) is 31.5 Å². The van der Waals surface area contributed by atoms with Gasteiger partial charge in [0.1, 0.15) is 18.3 Å². The first-order valence-corrected chi connectivity index (χ1v) is 9.75. The number of ether oxygens (including phenoxy) is 3. The number of carbonyl (C=O) groups excluding carboxylic acids is 2. The molecule has 1 amide bonds. The quantitative estimate of drug-likeness (QED) is 0.561. The van der Waals surface area contributed by atoms with Crippen LogP contribution in [-0.2, 0) is 9.53 Å². The zero-order valence-corrected chi connectivity index (χ0v) is 16.9. The first kappa shape index (κ1) is 20.5. The summed E-state index contributed by atoms with van der Waals surface area (Å²) < 4.78 is 16.8. The van der Waals surface area contributed by atoms with Gasteiger partial charge in [-0.15, -0.1) is 0 Å². The van der Waals surface area contributed by atoms with Crippen LogP contribution in [0, 0.1) is 5.92 Å². The second-order valence-corrected chi connectivity index (χ2v) is 7.51. The molecule has 9 heteroatoms. The van der Waals surface area contributed by atoms with Crippen LogP contribution < -0.4 is 20.5 Å². The zero-order valence-electron chi connectivity index (χ0n) is 16.1. The van der Waals surface area contributed by atoms with Gasteiger partial charge in [-0.25, -0.2) is 4.79 Å². The summed E-state index contributed by atoms with van der Waals surface area (Å²) in [6.07, 6.45) is 1.75. The van der Waals surface area contributed by atoms with Gasteiger partial charge in [-0.05, 0) is 32.0 Å². The number of benzene rings is 1. The highest BCUT2D eigenvalue weighted by atomic mass is 35.5. The van der Waals surface area contributed by atoms with Gasteiger partial charge in [-0.3, -0.25) is 4.79 Å². The molecule has 0 aromatic heterocycles. The molecule has 154 valence electrons. The lowest BCUT2D eigenvalue weighted by atomic mass is 9.91. The third-order valence-corrected chi connectivity index (χ3v) is 5.56. The van der Waals surface area contributed by atoms with Gasteiger partial charge in [0.05, 0.1) is 17.8 Å². The van der Waals surface area contributed by atoms with Gasteiger partial charge in [-0.2, -0.15) is 0 Å². The van der Waals surface area contributed by atoms with Crippen molar-refractivity contribution in [1.29, 1.82) is 0 Å². The average molecular weight is 412 g/mol. The van der Waals surface area contributed by atoms with E-state index in [1.807, 2.05) is 0 Å². The van der Waals surface area contributed by atoms with E-state index in [1.165, 1.54) is 20.1 Å². The minimum absolute atomic E-state index is 0.0103. The van der Waals surface area contributed by atoms with Crippen molar-refractivity contribution < 1.29 is 23.8 Å². The topological polar surface area (TPSA) is 103 Å². The Bertz CT molecular complexity index is 750. The number of rotatable bonds is 5. The van der Waals surface area contributed by atoms with Gasteiger partial charge in [0.2, 0.25) is 5.91 Å². The number of hydrogen-bond donors (Lipinski definition) is 2. The summed E-state index contributed by atoms with van der Waals surface area (Å²) in [7, 11) is 1.30. The molecule has 0 saturated carbocycles. The van der Waals surface area contributed by atoms with Gasteiger partial charge in [0.15, 0.2) is 11.5 Å². The number of amides is 1. The van der Waals surface area contributed by atoms with E-state index in [0.717, 1.165) is 32.5 Å².